The summed E-state index contributed by atoms with van der Waals surface area (Å²) in [4.78, 5) is 14.9. The van der Waals surface area contributed by atoms with Crippen LogP contribution in [0, 0.1) is 21.4 Å². The zero-order valence-electron chi connectivity index (χ0n) is 14.0. The normalized spacial score (nSPS) is 17.1. The van der Waals surface area contributed by atoms with E-state index in [1.165, 1.54) is 12.1 Å². The molecule has 3 rings (SSSR count). The van der Waals surface area contributed by atoms with Crippen molar-refractivity contribution in [2.45, 2.75) is 25.6 Å². The van der Waals surface area contributed by atoms with Crippen LogP contribution in [0.25, 0.3) is 5.57 Å². The summed E-state index contributed by atoms with van der Waals surface area (Å²) in [6, 6.07) is 8.37. The van der Waals surface area contributed by atoms with E-state index in [9.17, 15) is 15.4 Å². The van der Waals surface area contributed by atoms with E-state index in [0.717, 1.165) is 5.70 Å². The molecule has 132 valence electrons. The van der Waals surface area contributed by atoms with Gasteiger partial charge in [-0.2, -0.15) is 10.2 Å². The Bertz CT molecular complexity index is 986. The first-order valence-corrected chi connectivity index (χ1v) is 8.21. The van der Waals surface area contributed by atoms with Crippen LogP contribution in [0.3, 0.4) is 0 Å². The highest BCUT2D eigenvalue weighted by molar-refractivity contribution is 6.16. The number of hydrogen-bond donors (Lipinski definition) is 1. The van der Waals surface area contributed by atoms with Gasteiger partial charge in [-0.3, -0.25) is 10.1 Å². The maximum absolute atomic E-state index is 11.2. The molecule has 2 heterocycles. The monoisotopic (exact) mass is 371 g/mol. The number of nitrogens with zero attached hydrogens (tertiary/aromatic N) is 4. The van der Waals surface area contributed by atoms with Gasteiger partial charge in [0.05, 0.1) is 28.4 Å². The Balaban J connectivity index is 2.21. The molecule has 26 heavy (non-hydrogen) atoms. The van der Waals surface area contributed by atoms with Gasteiger partial charge in [-0.15, -0.1) is 11.6 Å². The second kappa shape index (κ2) is 6.98. The number of nitro groups is 1. The molecule has 1 unspecified atom stereocenters. The molecular formula is C17H14ClN5O3. The first-order valence-electron chi connectivity index (χ1n) is 7.68. The molecular weight excluding hydrogens is 358 g/mol. The molecule has 8 nitrogen and oxygen atoms in total. The second-order valence-electron chi connectivity index (χ2n) is 5.75. The fraction of sp³-hybridized carbons (Fsp3) is 0.235. The number of benzene rings is 1. The Morgan fingerprint density at radius 3 is 2.81 bits per heavy atom. The number of non-ortho nitro benzene ring substituents is 1. The largest absolute Gasteiger partial charge is 0.361 e. The molecule has 1 aliphatic heterocycles. The number of dihydropyridines is 1. The minimum atomic E-state index is -0.565. The van der Waals surface area contributed by atoms with Gasteiger partial charge < -0.3 is 9.84 Å². The predicted octanol–water partition coefficient (Wildman–Crippen LogP) is 3.63. The summed E-state index contributed by atoms with van der Waals surface area (Å²) in [6.07, 6.45) is 0. The Labute approximate surface area is 153 Å². The molecule has 1 aromatic heterocycles. The van der Waals surface area contributed by atoms with E-state index in [4.69, 9.17) is 16.1 Å². The van der Waals surface area contributed by atoms with E-state index in [-0.39, 0.29) is 17.5 Å². The minimum absolute atomic E-state index is 0.0556. The quantitative estimate of drug-likeness (QED) is 0.495. The Hall–Kier alpha value is -3.18. The number of allylic oxidation sites excluding steroid dienone is 4. The molecule has 0 radical (unpaired) electrons. The molecule has 0 spiro atoms. The van der Waals surface area contributed by atoms with E-state index in [0.29, 0.717) is 28.2 Å². The van der Waals surface area contributed by atoms with Crippen molar-refractivity contribution in [3.05, 3.63) is 68.6 Å². The van der Waals surface area contributed by atoms with Crippen LogP contribution in [-0.2, 0) is 5.88 Å². The molecule has 0 aliphatic carbocycles. The van der Waals surface area contributed by atoms with Crippen molar-refractivity contribution < 1.29 is 9.45 Å². The van der Waals surface area contributed by atoms with Crippen LogP contribution in [0.5, 0.6) is 0 Å². The number of hydrogen-bond acceptors (Lipinski definition) is 7. The summed E-state index contributed by atoms with van der Waals surface area (Å²) >= 11 is 5.75. The standard InChI is InChI=1S/C17H14ClN5O3/c1-9-13(8-19)16(11-4-3-5-12(6-11)23(24)25)15(10(2)20-9)17-21-14(7-18)22-26-17/h3-6,16,20H,7H2,1-2H3. The van der Waals surface area contributed by atoms with Gasteiger partial charge in [-0.1, -0.05) is 17.3 Å². The summed E-state index contributed by atoms with van der Waals surface area (Å²) < 4.78 is 5.31. The molecule has 1 aromatic carbocycles. The zero-order valence-corrected chi connectivity index (χ0v) is 14.7. The van der Waals surface area contributed by atoms with Crippen LogP contribution in [0.1, 0.15) is 37.0 Å². The van der Waals surface area contributed by atoms with Gasteiger partial charge in [0.15, 0.2) is 5.82 Å². The molecule has 2 aromatic rings. The Kier molecular flexibility index (Phi) is 4.73. The Morgan fingerprint density at radius 2 is 2.19 bits per heavy atom. The van der Waals surface area contributed by atoms with Crippen molar-refractivity contribution in [2.75, 3.05) is 0 Å². The first-order chi connectivity index (χ1) is 12.5. The molecule has 0 bridgehead atoms. The van der Waals surface area contributed by atoms with Gasteiger partial charge in [-0.25, -0.2) is 0 Å². The van der Waals surface area contributed by atoms with E-state index in [2.05, 4.69) is 21.5 Å². The maximum Gasteiger partial charge on any atom is 0.269 e. The summed E-state index contributed by atoms with van der Waals surface area (Å²) in [6.45, 7) is 3.60. The third-order valence-electron chi connectivity index (χ3n) is 4.11. The van der Waals surface area contributed by atoms with Crippen LogP contribution in [0.15, 0.2) is 45.8 Å². The van der Waals surface area contributed by atoms with E-state index in [1.807, 2.05) is 6.92 Å². The number of nitro benzene ring substituents is 1. The van der Waals surface area contributed by atoms with Crippen LogP contribution < -0.4 is 5.32 Å². The fourth-order valence-electron chi connectivity index (χ4n) is 2.99. The molecule has 0 amide bonds. The van der Waals surface area contributed by atoms with E-state index < -0.39 is 10.8 Å². The number of aromatic nitrogens is 2. The predicted molar refractivity (Wildman–Crippen MR) is 93.7 cm³/mol. The van der Waals surface area contributed by atoms with E-state index in [1.54, 1.807) is 19.1 Å². The van der Waals surface area contributed by atoms with Gasteiger partial charge >= 0.3 is 0 Å². The number of halogens is 1. The van der Waals surface area contributed by atoms with Crippen LogP contribution in [0.4, 0.5) is 5.69 Å². The van der Waals surface area contributed by atoms with Gasteiger partial charge in [0, 0.05) is 29.1 Å². The number of alkyl halides is 1. The fourth-order valence-corrected chi connectivity index (χ4v) is 3.10. The summed E-state index contributed by atoms with van der Waals surface area (Å²) in [5.74, 6) is 0.0711. The maximum atomic E-state index is 11.2. The highest BCUT2D eigenvalue weighted by Crippen LogP contribution is 2.43. The first kappa shape index (κ1) is 17.6. The van der Waals surface area contributed by atoms with Gasteiger partial charge in [0.1, 0.15) is 0 Å². The molecule has 0 saturated heterocycles. The molecule has 1 aliphatic rings. The van der Waals surface area contributed by atoms with Crippen molar-refractivity contribution in [1.82, 2.24) is 15.5 Å². The third kappa shape index (κ3) is 3.05. The number of nitriles is 1. The van der Waals surface area contributed by atoms with Crippen LogP contribution >= 0.6 is 11.6 Å². The SMILES string of the molecule is CC1=C(C#N)C(c2cccc([N+](=O)[O-])c2)C(c2nc(CCl)no2)=C(C)N1. The van der Waals surface area contributed by atoms with Crippen molar-refractivity contribution in [3.8, 4) is 6.07 Å². The summed E-state index contributed by atoms with van der Waals surface area (Å²) in [7, 11) is 0. The highest BCUT2D eigenvalue weighted by Gasteiger charge is 2.34. The lowest BCUT2D eigenvalue weighted by atomic mass is 9.81. The van der Waals surface area contributed by atoms with Crippen molar-refractivity contribution >= 4 is 22.9 Å². The minimum Gasteiger partial charge on any atom is -0.361 e. The zero-order chi connectivity index (χ0) is 18.8. The lowest BCUT2D eigenvalue weighted by Gasteiger charge is -2.27. The number of nitrogens with one attached hydrogen (secondary N) is 1. The summed E-state index contributed by atoms with van der Waals surface area (Å²) in [5, 5.41) is 27.8. The lowest BCUT2D eigenvalue weighted by molar-refractivity contribution is -0.384. The van der Waals surface area contributed by atoms with Crippen LogP contribution in [-0.4, -0.2) is 15.1 Å². The second-order valence-corrected chi connectivity index (χ2v) is 6.02. The van der Waals surface area contributed by atoms with Gasteiger partial charge in [-0.05, 0) is 19.4 Å². The average molecular weight is 372 g/mol. The molecule has 0 fully saturated rings. The molecule has 0 saturated carbocycles. The van der Waals surface area contributed by atoms with Gasteiger partial charge in [0.2, 0.25) is 0 Å². The van der Waals surface area contributed by atoms with Gasteiger partial charge in [0.25, 0.3) is 11.6 Å². The van der Waals surface area contributed by atoms with E-state index >= 15 is 0 Å². The van der Waals surface area contributed by atoms with Crippen molar-refractivity contribution in [1.29, 1.82) is 5.26 Å². The lowest BCUT2D eigenvalue weighted by Crippen LogP contribution is -2.23. The van der Waals surface area contributed by atoms with Crippen molar-refractivity contribution in [2.24, 2.45) is 0 Å². The molecule has 9 heteroatoms. The van der Waals surface area contributed by atoms with Crippen LogP contribution in [0.2, 0.25) is 0 Å². The smallest absolute Gasteiger partial charge is 0.269 e. The summed E-state index contributed by atoms with van der Waals surface area (Å²) in [5.41, 5.74) is 2.95. The number of rotatable bonds is 4. The molecule has 1 atom stereocenters. The highest BCUT2D eigenvalue weighted by atomic mass is 35.5. The average Bonchev–Trinajstić information content (AvgIpc) is 3.10. The Morgan fingerprint density at radius 1 is 1.42 bits per heavy atom. The third-order valence-corrected chi connectivity index (χ3v) is 4.35. The molecule has 1 N–H and O–H groups in total. The topological polar surface area (TPSA) is 118 Å². The van der Waals surface area contributed by atoms with Crippen molar-refractivity contribution in [3.63, 3.8) is 0 Å².